The van der Waals surface area contributed by atoms with Gasteiger partial charge in [0.05, 0.1) is 11.5 Å². The van der Waals surface area contributed by atoms with E-state index in [4.69, 9.17) is 9.47 Å². The smallest absolute Gasteiger partial charge is 0.311 e. The highest BCUT2D eigenvalue weighted by Crippen LogP contribution is 2.66. The van der Waals surface area contributed by atoms with Crippen molar-refractivity contribution in [2.24, 2.45) is 29.1 Å². The van der Waals surface area contributed by atoms with Gasteiger partial charge in [-0.25, -0.2) is 0 Å². The molecular weight excluding hydrogens is 326 g/mol. The number of ether oxygens (including phenoxy) is 2. The molecule has 0 amide bonds. The van der Waals surface area contributed by atoms with Crippen molar-refractivity contribution < 1.29 is 14.3 Å². The molecule has 4 heteroatoms. The number of carbonyl (C=O) groups is 1. The molecule has 0 aromatic rings. The molecule has 146 valence electrons. The zero-order valence-corrected chi connectivity index (χ0v) is 16.9. The molecule has 26 heavy (non-hydrogen) atoms. The zero-order chi connectivity index (χ0) is 18.3. The molecule has 3 saturated heterocycles. The van der Waals surface area contributed by atoms with Crippen LogP contribution >= 0.6 is 0 Å². The Kier molecular flexibility index (Phi) is 3.68. The van der Waals surface area contributed by atoms with E-state index in [9.17, 15) is 4.79 Å². The highest BCUT2D eigenvalue weighted by atomic mass is 16.7. The Bertz CT molecular complexity index is 619. The SMILES string of the molecule is C[C@@H]1CC[C@H]2[C@H](CN3CCCC(C)(C)C3)C(=O)O[C@]23[C@H]1CC[C@@]1(C)O[C@@H]31. The van der Waals surface area contributed by atoms with Gasteiger partial charge in [0, 0.05) is 24.9 Å². The average molecular weight is 362 g/mol. The largest absolute Gasteiger partial charge is 0.455 e. The van der Waals surface area contributed by atoms with Crippen molar-refractivity contribution in [3.05, 3.63) is 0 Å². The van der Waals surface area contributed by atoms with Crippen molar-refractivity contribution in [1.82, 2.24) is 4.90 Å². The van der Waals surface area contributed by atoms with Crippen molar-refractivity contribution >= 4 is 5.97 Å². The Morgan fingerprint density at radius 2 is 1.92 bits per heavy atom. The van der Waals surface area contributed by atoms with Crippen LogP contribution in [0.25, 0.3) is 0 Å². The van der Waals surface area contributed by atoms with Gasteiger partial charge >= 0.3 is 5.97 Å². The Hall–Kier alpha value is -0.610. The second-order valence-electron chi connectivity index (χ2n) is 11.0. The summed E-state index contributed by atoms with van der Waals surface area (Å²) < 4.78 is 12.6. The third-order valence-corrected chi connectivity index (χ3v) is 8.53. The van der Waals surface area contributed by atoms with Crippen LogP contribution in [0.5, 0.6) is 0 Å². The maximum atomic E-state index is 13.1. The lowest BCUT2D eigenvalue weighted by atomic mass is 9.55. The molecule has 0 aromatic carbocycles. The van der Waals surface area contributed by atoms with Crippen LogP contribution < -0.4 is 0 Å². The molecule has 7 atom stereocenters. The van der Waals surface area contributed by atoms with Crippen LogP contribution in [-0.4, -0.2) is 47.8 Å². The van der Waals surface area contributed by atoms with Gasteiger partial charge in [0.15, 0.2) is 0 Å². The first-order chi connectivity index (χ1) is 12.3. The van der Waals surface area contributed by atoms with E-state index >= 15 is 0 Å². The van der Waals surface area contributed by atoms with E-state index in [0.29, 0.717) is 23.2 Å². The molecule has 0 bridgehead atoms. The van der Waals surface area contributed by atoms with Crippen LogP contribution in [0.3, 0.4) is 0 Å². The van der Waals surface area contributed by atoms with Gasteiger partial charge < -0.3 is 14.4 Å². The standard InChI is InChI=1S/C22H35NO3/c1-14-6-7-17-15(12-23-11-5-9-20(2,3)13-23)18(24)25-22(17)16(14)8-10-21(4)19(22)26-21/h14-17,19H,5-13H2,1-4H3/t14-,15+,16+,17+,19-,21-,22-/m1/s1. The van der Waals surface area contributed by atoms with E-state index in [1.807, 2.05) is 0 Å². The third-order valence-electron chi connectivity index (χ3n) is 8.53. The molecule has 3 heterocycles. The van der Waals surface area contributed by atoms with Crippen molar-refractivity contribution in [1.29, 1.82) is 0 Å². The number of rotatable bonds is 2. The molecule has 0 unspecified atom stereocenters. The van der Waals surface area contributed by atoms with Gasteiger partial charge in [0.1, 0.15) is 11.7 Å². The van der Waals surface area contributed by atoms with Gasteiger partial charge in [-0.1, -0.05) is 20.8 Å². The first-order valence-electron chi connectivity index (χ1n) is 10.9. The van der Waals surface area contributed by atoms with E-state index < -0.39 is 0 Å². The molecule has 2 aliphatic carbocycles. The number of piperidine rings is 1. The molecule has 5 aliphatic rings. The van der Waals surface area contributed by atoms with Gasteiger partial charge in [-0.15, -0.1) is 0 Å². The predicted molar refractivity (Wildman–Crippen MR) is 99.7 cm³/mol. The molecule has 1 spiro atoms. The Labute approximate surface area is 158 Å². The topological polar surface area (TPSA) is 42.1 Å². The van der Waals surface area contributed by atoms with Gasteiger partial charge in [0.2, 0.25) is 0 Å². The second-order valence-corrected chi connectivity index (χ2v) is 11.0. The number of hydrogen-bond donors (Lipinski definition) is 0. The van der Waals surface area contributed by atoms with Gasteiger partial charge in [-0.2, -0.15) is 0 Å². The van der Waals surface area contributed by atoms with Crippen LogP contribution in [0.4, 0.5) is 0 Å². The van der Waals surface area contributed by atoms with Crippen LogP contribution in [0.2, 0.25) is 0 Å². The Balaban J connectivity index is 1.42. The van der Waals surface area contributed by atoms with Crippen molar-refractivity contribution in [2.75, 3.05) is 19.6 Å². The lowest BCUT2D eigenvalue weighted by Gasteiger charge is -2.50. The number of fused-ring (bicyclic) bond motifs is 1. The van der Waals surface area contributed by atoms with Crippen LogP contribution in [0, 0.1) is 29.1 Å². The van der Waals surface area contributed by atoms with Gasteiger partial charge in [-0.05, 0) is 63.3 Å². The normalized spacial score (nSPS) is 52.6. The van der Waals surface area contributed by atoms with E-state index in [0.717, 1.165) is 38.9 Å². The molecule has 5 fully saturated rings. The number of nitrogens with zero attached hydrogens (tertiary/aromatic N) is 1. The van der Waals surface area contributed by atoms with E-state index in [1.54, 1.807) is 0 Å². The summed E-state index contributed by atoms with van der Waals surface area (Å²) in [6, 6.07) is 0. The molecule has 2 saturated carbocycles. The quantitative estimate of drug-likeness (QED) is 0.556. The summed E-state index contributed by atoms with van der Waals surface area (Å²) in [5.41, 5.74) is 0.0108. The zero-order valence-electron chi connectivity index (χ0n) is 16.9. The van der Waals surface area contributed by atoms with Crippen LogP contribution in [-0.2, 0) is 14.3 Å². The number of carbonyl (C=O) groups excluding carboxylic acids is 1. The predicted octanol–water partition coefficient (Wildman–Crippen LogP) is 3.63. The summed E-state index contributed by atoms with van der Waals surface area (Å²) in [7, 11) is 0. The molecule has 5 rings (SSSR count). The monoisotopic (exact) mass is 361 g/mol. The molecule has 0 N–H and O–H groups in total. The minimum Gasteiger partial charge on any atom is -0.455 e. The minimum absolute atomic E-state index is 0.0336. The van der Waals surface area contributed by atoms with E-state index in [-0.39, 0.29) is 29.2 Å². The average Bonchev–Trinajstić information content (AvgIpc) is 3.18. The van der Waals surface area contributed by atoms with E-state index in [1.165, 1.54) is 19.3 Å². The fourth-order valence-electron chi connectivity index (χ4n) is 7.24. The van der Waals surface area contributed by atoms with Crippen LogP contribution in [0.1, 0.15) is 66.2 Å². The summed E-state index contributed by atoms with van der Waals surface area (Å²) >= 11 is 0. The molecule has 3 aliphatic heterocycles. The molecule has 0 radical (unpaired) electrons. The summed E-state index contributed by atoms with van der Waals surface area (Å²) in [6.45, 7) is 12.4. The highest BCUT2D eigenvalue weighted by Gasteiger charge is 2.77. The summed E-state index contributed by atoms with van der Waals surface area (Å²) in [4.78, 5) is 15.6. The Morgan fingerprint density at radius 3 is 2.69 bits per heavy atom. The minimum atomic E-state index is -0.322. The summed E-state index contributed by atoms with van der Waals surface area (Å²) in [5, 5.41) is 0. The number of hydrogen-bond acceptors (Lipinski definition) is 4. The number of epoxide rings is 1. The highest BCUT2D eigenvalue weighted by molar-refractivity contribution is 5.77. The van der Waals surface area contributed by atoms with Crippen molar-refractivity contribution in [3.8, 4) is 0 Å². The number of esters is 1. The van der Waals surface area contributed by atoms with Crippen molar-refractivity contribution in [2.45, 2.75) is 83.5 Å². The van der Waals surface area contributed by atoms with Crippen molar-refractivity contribution in [3.63, 3.8) is 0 Å². The first-order valence-corrected chi connectivity index (χ1v) is 10.9. The fourth-order valence-corrected chi connectivity index (χ4v) is 7.24. The lowest BCUT2D eigenvalue weighted by Crippen LogP contribution is -2.58. The van der Waals surface area contributed by atoms with E-state index in [2.05, 4.69) is 32.6 Å². The van der Waals surface area contributed by atoms with Gasteiger partial charge in [0.25, 0.3) is 0 Å². The fraction of sp³-hybridized carbons (Fsp3) is 0.955. The molecule has 0 aromatic heterocycles. The molecule has 4 nitrogen and oxygen atoms in total. The first kappa shape index (κ1) is 17.5. The maximum absolute atomic E-state index is 13.1. The lowest BCUT2D eigenvalue weighted by molar-refractivity contribution is -0.168. The number of likely N-dealkylation sites (tertiary alicyclic amines) is 1. The summed E-state index contributed by atoms with van der Waals surface area (Å²) in [6.07, 6.45) is 7.33. The maximum Gasteiger partial charge on any atom is 0.311 e. The Morgan fingerprint density at radius 1 is 1.12 bits per heavy atom. The second kappa shape index (κ2) is 5.47. The summed E-state index contributed by atoms with van der Waals surface area (Å²) in [5.74, 6) is 1.60. The molecular formula is C22H35NO3. The third kappa shape index (κ3) is 2.37. The van der Waals surface area contributed by atoms with Gasteiger partial charge in [-0.3, -0.25) is 4.79 Å². The van der Waals surface area contributed by atoms with Crippen LogP contribution in [0.15, 0.2) is 0 Å².